The fraction of sp³-hybridized carbons (Fsp3) is 0.733. The fourth-order valence-corrected chi connectivity index (χ4v) is 8.50. The Labute approximate surface area is 253 Å². The van der Waals surface area contributed by atoms with Crippen LogP contribution in [0.4, 0.5) is 36.4 Å². The lowest BCUT2D eigenvalue weighted by atomic mass is 9.47. The summed E-state index contributed by atoms with van der Waals surface area (Å²) in [7, 11) is -4.42. The number of halogens is 7. The number of aliphatic hydroxyl groups excluding tert-OH is 2. The molecule has 4 unspecified atom stereocenters. The van der Waals surface area contributed by atoms with E-state index in [0.717, 1.165) is 36.8 Å². The summed E-state index contributed by atoms with van der Waals surface area (Å²) in [6, 6.07) is 5.26. The van der Waals surface area contributed by atoms with Gasteiger partial charge in [-0.25, -0.2) is 0 Å². The molecule has 1 aromatic carbocycles. The number of fused-ring (bicyclic) bond motifs is 5. The minimum atomic E-state index is -6.47. The second-order valence-electron chi connectivity index (χ2n) is 13.0. The Morgan fingerprint density at radius 1 is 1.02 bits per heavy atom. The van der Waals surface area contributed by atoms with E-state index in [9.17, 15) is 53.9 Å². The number of rotatable bonds is 12. The minimum absolute atomic E-state index is 0.128. The standard InChI is InChI=1S/C30H40F7NO5S/c1-26-16-14-22-21-10-9-20(38-44(41,42)43)18-19(21)13-17-27(22,23(26)11-12-24(26)39)15-7-5-3-2-4-6-8-25(40)28(31,32)29(33,34)30(35,36)37/h7,9-10,15,18,22-25,38-40H,2-6,8,11-14,16-17H2,1H3,(H,41,42,43)/t22?,23?,24-,25?,26-,27?/m0/s1. The van der Waals surface area contributed by atoms with E-state index in [-0.39, 0.29) is 41.2 Å². The van der Waals surface area contributed by atoms with E-state index in [2.05, 4.69) is 23.8 Å². The zero-order valence-electron chi connectivity index (χ0n) is 24.4. The maximum atomic E-state index is 13.6. The van der Waals surface area contributed by atoms with Gasteiger partial charge in [-0.3, -0.25) is 9.27 Å². The topological polar surface area (TPSA) is 107 Å². The SMILES string of the molecule is C[C@]12CCC3c4ccc(NS(=O)(=O)O)cc4CCC3(C=CCCCCCCC(O)C(F)(F)C(F)(F)C(F)(F)F)C1CC[C@@H]2O. The largest absolute Gasteiger partial charge is 0.459 e. The average molecular weight is 660 g/mol. The first-order valence-electron chi connectivity index (χ1n) is 15.0. The summed E-state index contributed by atoms with van der Waals surface area (Å²) in [5, 5.41) is 20.3. The van der Waals surface area contributed by atoms with Gasteiger partial charge in [0.2, 0.25) is 0 Å². The number of benzene rings is 1. The van der Waals surface area contributed by atoms with Gasteiger partial charge in [-0.1, -0.05) is 44.4 Å². The molecule has 0 saturated heterocycles. The first-order chi connectivity index (χ1) is 20.3. The number of aliphatic hydroxyl groups is 2. The molecule has 3 aliphatic carbocycles. The van der Waals surface area contributed by atoms with E-state index in [1.807, 2.05) is 6.07 Å². The van der Waals surface area contributed by atoms with Crippen molar-refractivity contribution >= 4 is 16.0 Å². The Morgan fingerprint density at radius 3 is 2.36 bits per heavy atom. The van der Waals surface area contributed by atoms with Crippen LogP contribution in [0.1, 0.15) is 94.6 Å². The molecule has 0 amide bonds. The zero-order chi connectivity index (χ0) is 32.8. The van der Waals surface area contributed by atoms with E-state index < -0.39 is 47.0 Å². The van der Waals surface area contributed by atoms with E-state index in [0.29, 0.717) is 32.1 Å². The summed E-state index contributed by atoms with van der Waals surface area (Å²) in [5.41, 5.74) is 1.87. The molecule has 1 aromatic rings. The molecule has 4 N–H and O–H groups in total. The molecular formula is C30H40F7NO5S. The summed E-state index contributed by atoms with van der Waals surface area (Å²) in [6.45, 7) is 2.14. The highest BCUT2D eigenvalue weighted by molar-refractivity contribution is 7.87. The third-order valence-corrected chi connectivity index (χ3v) is 10.9. The van der Waals surface area contributed by atoms with Gasteiger partial charge in [-0.15, -0.1) is 0 Å². The van der Waals surface area contributed by atoms with Gasteiger partial charge >= 0.3 is 28.3 Å². The van der Waals surface area contributed by atoms with Crippen molar-refractivity contribution in [2.24, 2.45) is 16.7 Å². The van der Waals surface area contributed by atoms with Crippen LogP contribution >= 0.6 is 0 Å². The van der Waals surface area contributed by atoms with Crippen LogP contribution in [0.2, 0.25) is 0 Å². The summed E-state index contributed by atoms with van der Waals surface area (Å²) in [5.74, 6) is -11.6. The van der Waals surface area contributed by atoms with Crippen LogP contribution in [0, 0.1) is 16.7 Å². The van der Waals surface area contributed by atoms with Gasteiger partial charge in [0.05, 0.1) is 11.8 Å². The van der Waals surface area contributed by atoms with Crippen molar-refractivity contribution < 1.29 is 53.9 Å². The van der Waals surface area contributed by atoms with Crippen LogP contribution in [0.3, 0.4) is 0 Å². The normalized spacial score (nSPS) is 30.1. The smallest absolute Gasteiger partial charge is 0.393 e. The van der Waals surface area contributed by atoms with Gasteiger partial charge in [0, 0.05) is 0 Å². The fourth-order valence-electron chi connectivity index (χ4n) is 8.08. The Bertz CT molecular complexity index is 1320. The third-order valence-electron chi connectivity index (χ3n) is 10.4. The quantitative estimate of drug-likeness (QED) is 0.0802. The molecule has 0 heterocycles. The summed E-state index contributed by atoms with van der Waals surface area (Å²) < 4.78 is 124. The van der Waals surface area contributed by atoms with Crippen LogP contribution in [-0.2, 0) is 16.7 Å². The van der Waals surface area contributed by atoms with Crippen molar-refractivity contribution in [3.63, 3.8) is 0 Å². The number of allylic oxidation sites excluding steroid dienone is 2. The van der Waals surface area contributed by atoms with Gasteiger partial charge in [-0.05, 0) is 104 Å². The number of nitrogens with one attached hydrogen (secondary N) is 1. The van der Waals surface area contributed by atoms with E-state index in [4.69, 9.17) is 0 Å². The van der Waals surface area contributed by atoms with Crippen molar-refractivity contribution in [3.05, 3.63) is 41.5 Å². The van der Waals surface area contributed by atoms with Crippen LogP contribution in [0.5, 0.6) is 0 Å². The number of hydrogen-bond donors (Lipinski definition) is 4. The molecule has 4 rings (SSSR count). The number of anilines is 1. The molecule has 2 saturated carbocycles. The maximum absolute atomic E-state index is 13.6. The number of alkyl halides is 7. The van der Waals surface area contributed by atoms with Crippen LogP contribution < -0.4 is 4.72 Å². The average Bonchev–Trinajstić information content (AvgIpc) is 3.22. The lowest BCUT2D eigenvalue weighted by molar-refractivity contribution is -0.371. The van der Waals surface area contributed by atoms with Crippen LogP contribution in [-0.4, -0.2) is 53.4 Å². The van der Waals surface area contributed by atoms with Crippen molar-refractivity contribution in [1.82, 2.24) is 0 Å². The Morgan fingerprint density at radius 2 is 1.70 bits per heavy atom. The third kappa shape index (κ3) is 6.50. The van der Waals surface area contributed by atoms with Crippen molar-refractivity contribution in [2.75, 3.05) is 4.72 Å². The number of hydrogen-bond acceptors (Lipinski definition) is 4. The first-order valence-corrected chi connectivity index (χ1v) is 16.4. The van der Waals surface area contributed by atoms with Gasteiger partial charge in [0.25, 0.3) is 0 Å². The van der Waals surface area contributed by atoms with Crippen molar-refractivity contribution in [2.45, 2.75) is 120 Å². The highest BCUT2D eigenvalue weighted by Gasteiger charge is 2.75. The molecule has 250 valence electrons. The molecule has 0 aromatic heterocycles. The Balaban J connectivity index is 1.39. The molecule has 0 bridgehead atoms. The number of unbranched alkanes of at least 4 members (excludes halogenated alkanes) is 4. The van der Waals surface area contributed by atoms with Gasteiger partial charge in [0.1, 0.15) is 6.10 Å². The highest BCUT2D eigenvalue weighted by Crippen LogP contribution is 2.67. The van der Waals surface area contributed by atoms with Crippen LogP contribution in [0.15, 0.2) is 30.4 Å². The Hall–Kier alpha value is -1.90. The molecule has 44 heavy (non-hydrogen) atoms. The first kappa shape index (κ1) is 35.0. The second kappa shape index (κ2) is 12.4. The van der Waals surface area contributed by atoms with Gasteiger partial charge < -0.3 is 10.2 Å². The van der Waals surface area contributed by atoms with Crippen molar-refractivity contribution in [3.8, 4) is 0 Å². The molecule has 6 atom stereocenters. The summed E-state index contributed by atoms with van der Waals surface area (Å²) >= 11 is 0. The predicted octanol–water partition coefficient (Wildman–Crippen LogP) is 7.58. The zero-order valence-corrected chi connectivity index (χ0v) is 25.2. The molecule has 0 radical (unpaired) electrons. The molecular weight excluding hydrogens is 619 g/mol. The maximum Gasteiger partial charge on any atom is 0.459 e. The Kier molecular flexibility index (Phi) is 9.83. The van der Waals surface area contributed by atoms with E-state index >= 15 is 0 Å². The van der Waals surface area contributed by atoms with Gasteiger partial charge in [-0.2, -0.15) is 39.2 Å². The molecule has 6 nitrogen and oxygen atoms in total. The van der Waals surface area contributed by atoms with E-state index in [1.165, 1.54) is 0 Å². The van der Waals surface area contributed by atoms with E-state index in [1.54, 1.807) is 12.1 Å². The van der Waals surface area contributed by atoms with Gasteiger partial charge in [0.15, 0.2) is 0 Å². The second-order valence-corrected chi connectivity index (χ2v) is 14.1. The predicted molar refractivity (Wildman–Crippen MR) is 150 cm³/mol. The minimum Gasteiger partial charge on any atom is -0.393 e. The molecule has 14 heteroatoms. The van der Waals surface area contributed by atoms with Crippen molar-refractivity contribution in [1.29, 1.82) is 0 Å². The summed E-state index contributed by atoms with van der Waals surface area (Å²) in [6.07, 6.45) is -0.0584. The molecule has 3 aliphatic rings. The number of aryl methyl sites for hydroxylation is 1. The lowest BCUT2D eigenvalue weighted by Gasteiger charge is -2.57. The molecule has 0 spiro atoms. The monoisotopic (exact) mass is 659 g/mol. The summed E-state index contributed by atoms with van der Waals surface area (Å²) in [4.78, 5) is 0. The highest BCUT2D eigenvalue weighted by atomic mass is 32.2. The lowest BCUT2D eigenvalue weighted by Crippen LogP contribution is -2.57. The van der Waals surface area contributed by atoms with Crippen LogP contribution in [0.25, 0.3) is 0 Å². The molecule has 0 aliphatic heterocycles. The molecule has 2 fully saturated rings.